The van der Waals surface area contributed by atoms with Crippen molar-refractivity contribution in [2.45, 2.75) is 6.42 Å². The summed E-state index contributed by atoms with van der Waals surface area (Å²) >= 11 is 1.62. The minimum atomic E-state index is 0.0538. The predicted molar refractivity (Wildman–Crippen MR) is 154 cm³/mol. The smallest absolute Gasteiger partial charge is 0.253 e. The van der Waals surface area contributed by atoms with Crippen molar-refractivity contribution in [1.82, 2.24) is 29.3 Å². The first-order chi connectivity index (χ1) is 19.0. The van der Waals surface area contributed by atoms with Gasteiger partial charge in [0.25, 0.3) is 5.91 Å². The summed E-state index contributed by atoms with van der Waals surface area (Å²) in [6.45, 7) is 3.89. The number of anilines is 1. The fourth-order valence-corrected chi connectivity index (χ4v) is 5.31. The molecule has 6 rings (SSSR count). The Labute approximate surface area is 230 Å². The van der Waals surface area contributed by atoms with E-state index in [1.54, 1.807) is 29.8 Å². The monoisotopic (exact) mass is 539 g/mol. The molecule has 5 aromatic rings. The van der Waals surface area contributed by atoms with Crippen molar-refractivity contribution in [1.29, 1.82) is 0 Å². The average Bonchev–Trinajstić information content (AvgIpc) is 3.64. The Balaban J connectivity index is 1.29. The fourth-order valence-electron chi connectivity index (χ4n) is 4.68. The fraction of sp³-hybridized carbons (Fsp3) is 0.241. The number of thiophene rings is 1. The first-order valence-electron chi connectivity index (χ1n) is 12.9. The zero-order valence-electron chi connectivity index (χ0n) is 21.6. The third-order valence-corrected chi connectivity index (χ3v) is 7.67. The zero-order chi connectivity index (χ0) is 26.8. The zero-order valence-corrected chi connectivity index (χ0v) is 22.4. The van der Waals surface area contributed by atoms with Crippen molar-refractivity contribution in [2.24, 2.45) is 0 Å². The quantitative estimate of drug-likeness (QED) is 0.318. The lowest BCUT2D eigenvalue weighted by Crippen LogP contribution is -2.47. The second-order valence-corrected chi connectivity index (χ2v) is 10.5. The van der Waals surface area contributed by atoms with Crippen LogP contribution in [0.5, 0.6) is 5.75 Å². The summed E-state index contributed by atoms with van der Waals surface area (Å²) in [5, 5.41) is 17.1. The Morgan fingerprint density at radius 1 is 1.00 bits per heavy atom. The highest BCUT2D eigenvalue weighted by molar-refractivity contribution is 7.08. The highest BCUT2D eigenvalue weighted by atomic mass is 32.1. The van der Waals surface area contributed by atoms with Crippen molar-refractivity contribution in [2.75, 3.05) is 45.1 Å². The van der Waals surface area contributed by atoms with E-state index in [2.05, 4.69) is 27.6 Å². The summed E-state index contributed by atoms with van der Waals surface area (Å²) in [6, 6.07) is 16.8. The van der Waals surface area contributed by atoms with Gasteiger partial charge in [0.15, 0.2) is 22.8 Å². The normalized spacial score (nSPS) is 14.1. The molecule has 1 saturated heterocycles. The van der Waals surface area contributed by atoms with Crippen LogP contribution in [-0.4, -0.2) is 80.1 Å². The Kier molecular flexibility index (Phi) is 6.95. The summed E-state index contributed by atoms with van der Waals surface area (Å²) in [4.78, 5) is 31.5. The maximum Gasteiger partial charge on any atom is 0.253 e. The Morgan fingerprint density at radius 2 is 1.77 bits per heavy atom. The van der Waals surface area contributed by atoms with Crippen LogP contribution < -0.4 is 5.32 Å². The van der Waals surface area contributed by atoms with Gasteiger partial charge in [-0.1, -0.05) is 24.3 Å². The van der Waals surface area contributed by atoms with E-state index in [9.17, 15) is 9.90 Å². The largest absolute Gasteiger partial charge is 0.508 e. The number of rotatable bonds is 7. The lowest BCUT2D eigenvalue weighted by Gasteiger charge is -2.32. The van der Waals surface area contributed by atoms with Crippen molar-refractivity contribution in [3.05, 3.63) is 82.8 Å². The number of carbonyl (C=O) groups excluding carboxylic acids is 1. The molecule has 4 heterocycles. The standard InChI is InChI=1S/C29H29N7O2S/c1-34-13-15-35(16-14-34)29(38)22-6-4-21(5-7-22)26-32-27(30-12-10-20-2-8-24(37)9-3-20)25-28(33-26)36(19-31-25)23-11-17-39-18-23/h2-9,11,17-19,37H,10,12-16H2,1H3,(H,30,32,33). The summed E-state index contributed by atoms with van der Waals surface area (Å²) in [6.07, 6.45) is 2.53. The van der Waals surface area contributed by atoms with Gasteiger partial charge in [-0.15, -0.1) is 0 Å². The van der Waals surface area contributed by atoms with Crippen LogP contribution in [-0.2, 0) is 6.42 Å². The maximum atomic E-state index is 13.0. The number of likely N-dealkylation sites (N-methyl/N-ethyl adjacent to an activating group) is 1. The molecular formula is C29H29N7O2S. The molecular weight excluding hydrogens is 510 g/mol. The van der Waals surface area contributed by atoms with E-state index in [0.29, 0.717) is 34.9 Å². The summed E-state index contributed by atoms with van der Waals surface area (Å²) in [5.41, 5.74) is 5.00. The van der Waals surface area contributed by atoms with E-state index >= 15 is 0 Å². The minimum Gasteiger partial charge on any atom is -0.508 e. The molecule has 0 saturated carbocycles. The molecule has 3 aromatic heterocycles. The molecule has 1 aliphatic heterocycles. The molecule has 0 atom stereocenters. The van der Waals surface area contributed by atoms with Crippen LogP contribution in [0.1, 0.15) is 15.9 Å². The molecule has 2 N–H and O–H groups in total. The first-order valence-corrected chi connectivity index (χ1v) is 13.9. The molecule has 0 spiro atoms. The van der Waals surface area contributed by atoms with E-state index in [1.165, 1.54) is 0 Å². The molecule has 0 unspecified atom stereocenters. The number of imidazole rings is 1. The van der Waals surface area contributed by atoms with Crippen LogP contribution in [0.2, 0.25) is 0 Å². The number of hydrogen-bond donors (Lipinski definition) is 2. The van der Waals surface area contributed by atoms with Gasteiger partial charge < -0.3 is 20.2 Å². The van der Waals surface area contributed by atoms with Gasteiger partial charge >= 0.3 is 0 Å². The van der Waals surface area contributed by atoms with E-state index in [1.807, 2.05) is 57.3 Å². The third kappa shape index (κ3) is 5.34. The van der Waals surface area contributed by atoms with Gasteiger partial charge in [0.2, 0.25) is 0 Å². The number of aromatic nitrogens is 4. The number of fused-ring (bicyclic) bond motifs is 1. The molecule has 1 fully saturated rings. The third-order valence-electron chi connectivity index (χ3n) is 7.00. The second-order valence-electron chi connectivity index (χ2n) is 9.68. The van der Waals surface area contributed by atoms with Gasteiger partial charge in [0.05, 0.1) is 5.69 Å². The molecule has 0 radical (unpaired) electrons. The van der Waals surface area contributed by atoms with E-state index in [4.69, 9.17) is 9.97 Å². The average molecular weight is 540 g/mol. The molecule has 0 aliphatic carbocycles. The number of piperazine rings is 1. The maximum absolute atomic E-state index is 13.0. The van der Waals surface area contributed by atoms with Crippen molar-refractivity contribution in [3.8, 4) is 22.8 Å². The van der Waals surface area contributed by atoms with Crippen LogP contribution in [0.4, 0.5) is 5.82 Å². The highest BCUT2D eigenvalue weighted by Crippen LogP contribution is 2.27. The molecule has 39 heavy (non-hydrogen) atoms. The van der Waals surface area contributed by atoms with E-state index < -0.39 is 0 Å². The molecule has 0 bridgehead atoms. The lowest BCUT2D eigenvalue weighted by molar-refractivity contribution is 0.0664. The van der Waals surface area contributed by atoms with Gasteiger partial charge in [-0.25, -0.2) is 15.0 Å². The number of hydrogen-bond acceptors (Lipinski definition) is 8. The van der Waals surface area contributed by atoms with Crippen molar-refractivity contribution in [3.63, 3.8) is 0 Å². The second kappa shape index (κ2) is 10.8. The van der Waals surface area contributed by atoms with Crippen molar-refractivity contribution < 1.29 is 9.90 Å². The van der Waals surface area contributed by atoms with Gasteiger partial charge in [-0.3, -0.25) is 9.36 Å². The summed E-state index contributed by atoms with van der Waals surface area (Å²) < 4.78 is 1.97. The van der Waals surface area contributed by atoms with Crippen molar-refractivity contribution >= 4 is 34.2 Å². The molecule has 9 nitrogen and oxygen atoms in total. The minimum absolute atomic E-state index is 0.0538. The summed E-state index contributed by atoms with van der Waals surface area (Å²) in [7, 11) is 2.08. The molecule has 1 aliphatic rings. The Morgan fingerprint density at radius 3 is 2.49 bits per heavy atom. The summed E-state index contributed by atoms with van der Waals surface area (Å²) in [5.74, 6) is 1.52. The molecule has 198 valence electrons. The van der Waals surface area contributed by atoms with Crippen LogP contribution in [0.3, 0.4) is 0 Å². The Hall–Kier alpha value is -4.28. The molecule has 1 amide bonds. The van der Waals surface area contributed by atoms with E-state index in [-0.39, 0.29) is 11.7 Å². The van der Waals surface area contributed by atoms with Crippen LogP contribution >= 0.6 is 11.3 Å². The number of nitrogens with one attached hydrogen (secondary N) is 1. The number of nitrogens with zero attached hydrogens (tertiary/aromatic N) is 6. The number of benzene rings is 2. The topological polar surface area (TPSA) is 99.4 Å². The number of phenols is 1. The number of aromatic hydroxyl groups is 1. The SMILES string of the molecule is CN1CCN(C(=O)c2ccc(-c3nc(NCCc4ccc(O)cc4)c4ncn(-c5ccsc5)c4n3)cc2)CC1. The number of phenolic OH excluding ortho intramolecular Hbond substituents is 1. The van der Waals surface area contributed by atoms with Gasteiger partial charge in [0.1, 0.15) is 12.1 Å². The van der Waals surface area contributed by atoms with Crippen LogP contribution in [0.15, 0.2) is 71.7 Å². The van der Waals surface area contributed by atoms with Gasteiger partial charge in [-0.05, 0) is 54.7 Å². The van der Waals surface area contributed by atoms with Crippen LogP contribution in [0.25, 0.3) is 28.2 Å². The van der Waals surface area contributed by atoms with Gasteiger partial charge in [0, 0.05) is 49.2 Å². The highest BCUT2D eigenvalue weighted by Gasteiger charge is 2.21. The lowest BCUT2D eigenvalue weighted by atomic mass is 10.1. The first kappa shape index (κ1) is 25.0. The number of amides is 1. The molecule has 2 aromatic carbocycles. The predicted octanol–water partition coefficient (Wildman–Crippen LogP) is 4.29. The van der Waals surface area contributed by atoms with Gasteiger partial charge in [-0.2, -0.15) is 11.3 Å². The Bertz CT molecular complexity index is 1570. The van der Waals surface area contributed by atoms with Crippen LogP contribution in [0, 0.1) is 0 Å². The van der Waals surface area contributed by atoms with E-state index in [0.717, 1.165) is 49.4 Å². The number of carbonyl (C=O) groups is 1. The molecule has 10 heteroatoms.